The highest BCUT2D eigenvalue weighted by atomic mass is 35.5. The second-order valence-electron chi connectivity index (χ2n) is 5.96. The summed E-state index contributed by atoms with van der Waals surface area (Å²) in [6.45, 7) is 2.80. The minimum absolute atomic E-state index is 0.228. The lowest BCUT2D eigenvalue weighted by atomic mass is 10.1. The van der Waals surface area contributed by atoms with Crippen LogP contribution in [0.1, 0.15) is 24.1 Å². The standard InChI is InChI=1S/C21H23Cl2NO4/c1-14(16-7-9-18(19(13-16)27-3)28-12-11-26-2)24-20(25)10-8-15-5-4-6-17(22)21(15)23/h4-10,13-14H,11-12H2,1-3H3,(H,24,25)/b10-8+. The number of halogens is 2. The molecule has 5 nitrogen and oxygen atoms in total. The minimum Gasteiger partial charge on any atom is -0.493 e. The second-order valence-corrected chi connectivity index (χ2v) is 6.74. The maximum absolute atomic E-state index is 12.2. The number of hydrogen-bond acceptors (Lipinski definition) is 4. The van der Waals surface area contributed by atoms with Crippen LogP contribution in [0.3, 0.4) is 0 Å². The first kappa shape index (κ1) is 22.1. The fraction of sp³-hybridized carbons (Fsp3) is 0.286. The number of nitrogens with one attached hydrogen (secondary N) is 1. The van der Waals surface area contributed by atoms with Gasteiger partial charge in [-0.2, -0.15) is 0 Å². The summed E-state index contributed by atoms with van der Waals surface area (Å²) in [6, 6.07) is 10.6. The van der Waals surface area contributed by atoms with Crippen LogP contribution in [0.2, 0.25) is 10.0 Å². The van der Waals surface area contributed by atoms with Gasteiger partial charge in [0.15, 0.2) is 11.5 Å². The summed E-state index contributed by atoms with van der Waals surface area (Å²) in [4.78, 5) is 12.2. The smallest absolute Gasteiger partial charge is 0.244 e. The number of benzene rings is 2. The molecule has 0 saturated carbocycles. The van der Waals surface area contributed by atoms with E-state index in [1.165, 1.54) is 6.08 Å². The molecule has 0 aromatic heterocycles. The topological polar surface area (TPSA) is 56.8 Å². The zero-order valence-corrected chi connectivity index (χ0v) is 17.5. The van der Waals surface area contributed by atoms with Gasteiger partial charge in [-0.3, -0.25) is 4.79 Å². The second kappa shape index (κ2) is 11.0. The quantitative estimate of drug-likeness (QED) is 0.459. The van der Waals surface area contributed by atoms with Gasteiger partial charge >= 0.3 is 0 Å². The summed E-state index contributed by atoms with van der Waals surface area (Å²) in [5, 5.41) is 3.76. The number of hydrogen-bond donors (Lipinski definition) is 1. The molecule has 28 heavy (non-hydrogen) atoms. The third-order valence-electron chi connectivity index (χ3n) is 3.99. The van der Waals surface area contributed by atoms with Crippen molar-refractivity contribution in [2.24, 2.45) is 0 Å². The van der Waals surface area contributed by atoms with Gasteiger partial charge in [-0.05, 0) is 42.3 Å². The van der Waals surface area contributed by atoms with Gasteiger partial charge in [-0.15, -0.1) is 0 Å². The molecule has 7 heteroatoms. The van der Waals surface area contributed by atoms with E-state index in [1.807, 2.05) is 25.1 Å². The van der Waals surface area contributed by atoms with Crippen LogP contribution in [0.15, 0.2) is 42.5 Å². The maximum atomic E-state index is 12.2. The van der Waals surface area contributed by atoms with Gasteiger partial charge in [0.2, 0.25) is 5.91 Å². The Morgan fingerprint density at radius 2 is 1.93 bits per heavy atom. The molecule has 0 aliphatic carbocycles. The van der Waals surface area contributed by atoms with E-state index in [9.17, 15) is 4.79 Å². The predicted molar refractivity (Wildman–Crippen MR) is 112 cm³/mol. The van der Waals surface area contributed by atoms with Crippen LogP contribution < -0.4 is 14.8 Å². The van der Waals surface area contributed by atoms with E-state index in [0.717, 1.165) is 5.56 Å². The Balaban J connectivity index is 2.03. The third-order valence-corrected chi connectivity index (χ3v) is 4.82. The molecule has 0 fully saturated rings. The number of carbonyl (C=O) groups excluding carboxylic acids is 1. The summed E-state index contributed by atoms with van der Waals surface area (Å²) in [5.41, 5.74) is 1.56. The van der Waals surface area contributed by atoms with Crippen molar-refractivity contribution < 1.29 is 19.0 Å². The van der Waals surface area contributed by atoms with E-state index in [4.69, 9.17) is 37.4 Å². The molecule has 2 aromatic rings. The zero-order valence-electron chi connectivity index (χ0n) is 16.0. The lowest BCUT2D eigenvalue weighted by molar-refractivity contribution is -0.117. The van der Waals surface area contributed by atoms with E-state index in [0.29, 0.717) is 40.3 Å². The van der Waals surface area contributed by atoms with Crippen LogP contribution >= 0.6 is 23.2 Å². The lowest BCUT2D eigenvalue weighted by Crippen LogP contribution is -2.24. The van der Waals surface area contributed by atoms with Crippen LogP contribution in [0, 0.1) is 0 Å². The van der Waals surface area contributed by atoms with Crippen LogP contribution in [0.25, 0.3) is 6.08 Å². The highest BCUT2D eigenvalue weighted by Gasteiger charge is 2.12. The number of rotatable bonds is 9. The summed E-state index contributed by atoms with van der Waals surface area (Å²) in [6.07, 6.45) is 3.05. The van der Waals surface area contributed by atoms with Gasteiger partial charge in [0.1, 0.15) is 6.61 Å². The number of amides is 1. The molecular formula is C21H23Cl2NO4. The highest BCUT2D eigenvalue weighted by Crippen LogP contribution is 2.30. The van der Waals surface area contributed by atoms with E-state index < -0.39 is 0 Å². The number of methoxy groups -OCH3 is 2. The van der Waals surface area contributed by atoms with Gasteiger partial charge in [-0.25, -0.2) is 0 Å². The van der Waals surface area contributed by atoms with Crippen molar-refractivity contribution in [2.45, 2.75) is 13.0 Å². The molecule has 2 aromatic carbocycles. The number of ether oxygens (including phenoxy) is 3. The normalized spacial score (nSPS) is 12.0. The van der Waals surface area contributed by atoms with Gasteiger partial charge in [0, 0.05) is 13.2 Å². The molecule has 0 heterocycles. The third kappa shape index (κ3) is 6.16. The Morgan fingerprint density at radius 1 is 1.14 bits per heavy atom. The molecule has 1 N–H and O–H groups in total. The van der Waals surface area contributed by atoms with Gasteiger partial charge in [0.25, 0.3) is 0 Å². The van der Waals surface area contributed by atoms with Crippen LogP contribution in [-0.2, 0) is 9.53 Å². The summed E-state index contributed by atoms with van der Waals surface area (Å²) >= 11 is 12.1. The first-order valence-electron chi connectivity index (χ1n) is 8.68. The van der Waals surface area contributed by atoms with E-state index in [1.54, 1.807) is 38.5 Å². The Hall–Kier alpha value is -2.21. The fourth-order valence-corrected chi connectivity index (χ4v) is 2.84. The van der Waals surface area contributed by atoms with Gasteiger partial charge < -0.3 is 19.5 Å². The van der Waals surface area contributed by atoms with Crippen molar-refractivity contribution in [1.29, 1.82) is 0 Å². The van der Waals surface area contributed by atoms with E-state index in [-0.39, 0.29) is 11.9 Å². The lowest BCUT2D eigenvalue weighted by Gasteiger charge is -2.16. The summed E-state index contributed by atoms with van der Waals surface area (Å²) in [7, 11) is 3.19. The van der Waals surface area contributed by atoms with Gasteiger partial charge in [0.05, 0.1) is 29.8 Å². The highest BCUT2D eigenvalue weighted by molar-refractivity contribution is 6.42. The molecule has 2 rings (SSSR count). The molecule has 1 amide bonds. The average Bonchev–Trinajstić information content (AvgIpc) is 2.69. The molecule has 0 spiro atoms. The van der Waals surface area contributed by atoms with Crippen LogP contribution in [-0.4, -0.2) is 33.3 Å². The largest absolute Gasteiger partial charge is 0.493 e. The van der Waals surface area contributed by atoms with Crippen molar-refractivity contribution in [3.05, 3.63) is 63.6 Å². The average molecular weight is 424 g/mol. The SMILES string of the molecule is COCCOc1ccc(C(C)NC(=O)/C=C/c2cccc(Cl)c2Cl)cc1OC. The molecule has 0 bridgehead atoms. The molecule has 0 radical (unpaired) electrons. The molecular weight excluding hydrogens is 401 g/mol. The molecule has 0 aliphatic rings. The monoisotopic (exact) mass is 423 g/mol. The Kier molecular flexibility index (Phi) is 8.64. The van der Waals surface area contributed by atoms with E-state index in [2.05, 4.69) is 5.32 Å². The maximum Gasteiger partial charge on any atom is 0.244 e. The predicted octanol–water partition coefficient (Wildman–Crippen LogP) is 4.92. The molecule has 1 atom stereocenters. The zero-order chi connectivity index (χ0) is 20.5. The Bertz CT molecular complexity index is 839. The van der Waals surface area contributed by atoms with Crippen molar-refractivity contribution in [3.8, 4) is 11.5 Å². The van der Waals surface area contributed by atoms with Crippen LogP contribution in [0.4, 0.5) is 0 Å². The molecule has 0 saturated heterocycles. The first-order chi connectivity index (χ1) is 13.5. The number of carbonyl (C=O) groups is 1. The van der Waals surface area contributed by atoms with Crippen molar-refractivity contribution in [3.63, 3.8) is 0 Å². The van der Waals surface area contributed by atoms with Crippen LogP contribution in [0.5, 0.6) is 11.5 Å². The van der Waals surface area contributed by atoms with Crippen molar-refractivity contribution in [2.75, 3.05) is 27.4 Å². The minimum atomic E-state index is -0.247. The van der Waals surface area contributed by atoms with E-state index >= 15 is 0 Å². The Labute approximate surface area is 175 Å². The molecule has 150 valence electrons. The molecule has 0 aliphatic heterocycles. The Morgan fingerprint density at radius 3 is 2.64 bits per heavy atom. The van der Waals surface area contributed by atoms with Crippen molar-refractivity contribution in [1.82, 2.24) is 5.32 Å². The van der Waals surface area contributed by atoms with Crippen molar-refractivity contribution >= 4 is 35.2 Å². The van der Waals surface area contributed by atoms with Gasteiger partial charge in [-0.1, -0.05) is 41.4 Å². The molecule has 1 unspecified atom stereocenters. The first-order valence-corrected chi connectivity index (χ1v) is 9.44. The summed E-state index contributed by atoms with van der Waals surface area (Å²) in [5.74, 6) is 0.969. The fourth-order valence-electron chi connectivity index (χ4n) is 2.47. The summed E-state index contributed by atoms with van der Waals surface area (Å²) < 4.78 is 16.0.